The Morgan fingerprint density at radius 3 is 2.84 bits per heavy atom. The molecule has 2 aromatic heterocycles. The van der Waals surface area contributed by atoms with Crippen LogP contribution in [0.2, 0.25) is 5.02 Å². The molecule has 12 heteroatoms. The third kappa shape index (κ3) is 4.09. The average Bonchev–Trinajstić information content (AvgIpc) is 3.16. The van der Waals surface area contributed by atoms with Gasteiger partial charge < -0.3 is 14.2 Å². The number of nitrogens with zero attached hydrogens (tertiary/aromatic N) is 4. The standard InChI is InChI=1S/C20H18ClF4N5O2/c1-32-9-17(12-3-2-11(22)6-13(12)20(23,24)25)30-10-26-14-8-29(5-4-15(14)30)16-7-27-28-19(31)18(16)21/h2-3,6-7,10,17H,4-5,8-9H2,1H3,(H,28,31)/t17-/m0/s1. The summed E-state index contributed by atoms with van der Waals surface area (Å²) in [6, 6.07) is 1.76. The molecule has 0 bridgehead atoms. The Labute approximate surface area is 184 Å². The topological polar surface area (TPSA) is 76.0 Å². The van der Waals surface area contributed by atoms with Gasteiger partial charge in [-0.15, -0.1) is 0 Å². The van der Waals surface area contributed by atoms with Crippen LogP contribution in [0, 0.1) is 5.82 Å². The van der Waals surface area contributed by atoms with E-state index in [1.165, 1.54) is 19.6 Å². The maximum absolute atomic E-state index is 13.6. The van der Waals surface area contributed by atoms with Crippen molar-refractivity contribution >= 4 is 17.3 Å². The number of H-pyrrole nitrogens is 1. The highest BCUT2D eigenvalue weighted by molar-refractivity contribution is 6.32. The van der Waals surface area contributed by atoms with Crippen LogP contribution in [0.3, 0.4) is 0 Å². The molecule has 0 saturated carbocycles. The molecule has 0 amide bonds. The fourth-order valence-electron chi connectivity index (χ4n) is 3.94. The van der Waals surface area contributed by atoms with E-state index in [9.17, 15) is 22.4 Å². The van der Waals surface area contributed by atoms with Gasteiger partial charge in [-0.05, 0) is 17.7 Å². The minimum absolute atomic E-state index is 0.00118. The normalized spacial score (nSPS) is 15.0. The molecular weight excluding hydrogens is 454 g/mol. The van der Waals surface area contributed by atoms with Crippen molar-refractivity contribution in [2.75, 3.05) is 25.2 Å². The number of hydrogen-bond acceptors (Lipinski definition) is 5. The van der Waals surface area contributed by atoms with Gasteiger partial charge in [0.1, 0.15) is 10.8 Å². The Morgan fingerprint density at radius 1 is 1.34 bits per heavy atom. The highest BCUT2D eigenvalue weighted by Gasteiger charge is 2.37. The molecule has 1 atom stereocenters. The summed E-state index contributed by atoms with van der Waals surface area (Å²) >= 11 is 6.10. The molecule has 0 unspecified atom stereocenters. The minimum atomic E-state index is -4.73. The summed E-state index contributed by atoms with van der Waals surface area (Å²) < 4.78 is 61.4. The second-order valence-corrected chi connectivity index (χ2v) is 7.69. The highest BCUT2D eigenvalue weighted by atomic mass is 35.5. The van der Waals surface area contributed by atoms with Gasteiger partial charge in [-0.3, -0.25) is 4.79 Å². The summed E-state index contributed by atoms with van der Waals surface area (Å²) in [5.74, 6) is -0.969. The molecule has 3 aromatic rings. The number of rotatable bonds is 5. The van der Waals surface area contributed by atoms with Crippen LogP contribution in [0.1, 0.15) is 28.6 Å². The van der Waals surface area contributed by atoms with Crippen molar-refractivity contribution in [2.45, 2.75) is 25.2 Å². The number of nitrogens with one attached hydrogen (secondary N) is 1. The smallest absolute Gasteiger partial charge is 0.382 e. The van der Waals surface area contributed by atoms with Crippen LogP contribution < -0.4 is 10.5 Å². The zero-order valence-electron chi connectivity index (χ0n) is 16.8. The fraction of sp³-hybridized carbons (Fsp3) is 0.350. The Hall–Kier alpha value is -2.92. The summed E-state index contributed by atoms with van der Waals surface area (Å²) in [5.41, 5.74) is 0.128. The van der Waals surface area contributed by atoms with Crippen molar-refractivity contribution in [3.05, 3.63) is 74.4 Å². The number of methoxy groups -OCH3 is 1. The molecule has 0 spiro atoms. The van der Waals surface area contributed by atoms with Crippen molar-refractivity contribution in [2.24, 2.45) is 0 Å². The van der Waals surface area contributed by atoms with E-state index in [2.05, 4.69) is 15.2 Å². The predicted octanol–water partition coefficient (Wildman–Crippen LogP) is 3.58. The minimum Gasteiger partial charge on any atom is -0.382 e. The molecule has 0 aliphatic carbocycles. The second kappa shape index (κ2) is 8.55. The monoisotopic (exact) mass is 471 g/mol. The van der Waals surface area contributed by atoms with E-state index in [0.29, 0.717) is 37.0 Å². The molecule has 170 valence electrons. The Balaban J connectivity index is 1.72. The zero-order valence-corrected chi connectivity index (χ0v) is 17.5. The Morgan fingerprint density at radius 2 is 2.12 bits per heavy atom. The zero-order chi connectivity index (χ0) is 23.0. The van der Waals surface area contributed by atoms with Crippen LogP contribution in [0.25, 0.3) is 0 Å². The third-order valence-corrected chi connectivity index (χ3v) is 5.77. The Bertz CT molecular complexity index is 1190. The first-order valence-electron chi connectivity index (χ1n) is 9.59. The molecule has 0 saturated heterocycles. The molecule has 7 nitrogen and oxygen atoms in total. The lowest BCUT2D eigenvalue weighted by molar-refractivity contribution is -0.138. The number of anilines is 1. The summed E-state index contributed by atoms with van der Waals surface area (Å²) in [4.78, 5) is 18.0. The van der Waals surface area contributed by atoms with Crippen molar-refractivity contribution in [3.63, 3.8) is 0 Å². The number of imidazole rings is 1. The molecule has 3 heterocycles. The number of ether oxygens (including phenoxy) is 1. The van der Waals surface area contributed by atoms with Gasteiger partial charge in [-0.25, -0.2) is 14.5 Å². The summed E-state index contributed by atoms with van der Waals surface area (Å²) in [6.45, 7) is 0.673. The number of hydrogen-bond donors (Lipinski definition) is 1. The molecule has 4 rings (SSSR count). The highest BCUT2D eigenvalue weighted by Crippen LogP contribution is 2.38. The molecule has 32 heavy (non-hydrogen) atoms. The molecule has 1 aliphatic heterocycles. The van der Waals surface area contributed by atoms with Crippen molar-refractivity contribution < 1.29 is 22.3 Å². The number of alkyl halides is 3. The number of fused-ring (bicyclic) bond motifs is 1. The maximum atomic E-state index is 13.6. The van der Waals surface area contributed by atoms with Crippen LogP contribution >= 0.6 is 11.6 Å². The first-order valence-corrected chi connectivity index (χ1v) is 9.96. The molecule has 1 aliphatic rings. The lowest BCUT2D eigenvalue weighted by atomic mass is 9.99. The van der Waals surface area contributed by atoms with Crippen LogP contribution in [0.15, 0.2) is 35.5 Å². The van der Waals surface area contributed by atoms with E-state index < -0.39 is 29.2 Å². The van der Waals surface area contributed by atoms with Gasteiger partial charge in [-0.2, -0.15) is 18.3 Å². The van der Waals surface area contributed by atoms with Gasteiger partial charge in [0.25, 0.3) is 5.56 Å². The van der Waals surface area contributed by atoms with Crippen LogP contribution in [-0.2, 0) is 23.9 Å². The van der Waals surface area contributed by atoms with Gasteiger partial charge in [0.05, 0.1) is 48.7 Å². The SMILES string of the molecule is COC[C@@H](c1ccc(F)cc1C(F)(F)F)n1cnc2c1CCN(c1cn[nH]c(=O)c1Cl)C2. The number of aromatic nitrogens is 4. The molecule has 1 aromatic carbocycles. The summed E-state index contributed by atoms with van der Waals surface area (Å²) in [6.07, 6.45) is -1.40. The first-order chi connectivity index (χ1) is 15.2. The van der Waals surface area contributed by atoms with Gasteiger partial charge in [0, 0.05) is 25.8 Å². The maximum Gasteiger partial charge on any atom is 0.416 e. The van der Waals surface area contributed by atoms with Crippen molar-refractivity contribution in [3.8, 4) is 0 Å². The summed E-state index contributed by atoms with van der Waals surface area (Å²) in [7, 11) is 1.39. The molecule has 0 radical (unpaired) electrons. The van der Waals surface area contributed by atoms with Crippen molar-refractivity contribution in [1.82, 2.24) is 19.7 Å². The number of benzene rings is 1. The molecule has 1 N–H and O–H groups in total. The number of aromatic amines is 1. The fourth-order valence-corrected chi connectivity index (χ4v) is 4.15. The van der Waals surface area contributed by atoms with E-state index in [0.717, 1.165) is 17.8 Å². The molecule has 0 fully saturated rings. The van der Waals surface area contributed by atoms with E-state index in [1.807, 2.05) is 4.90 Å². The van der Waals surface area contributed by atoms with E-state index in [-0.39, 0.29) is 17.2 Å². The Kier molecular flexibility index (Phi) is 5.95. The van der Waals surface area contributed by atoms with Crippen LogP contribution in [0.4, 0.5) is 23.2 Å². The largest absolute Gasteiger partial charge is 0.416 e. The van der Waals surface area contributed by atoms with Gasteiger partial charge in [0.2, 0.25) is 0 Å². The van der Waals surface area contributed by atoms with Crippen LogP contribution in [-0.4, -0.2) is 40.0 Å². The van der Waals surface area contributed by atoms with Gasteiger partial charge >= 0.3 is 6.18 Å². The lowest BCUT2D eigenvalue weighted by Gasteiger charge is -2.31. The van der Waals surface area contributed by atoms with E-state index in [4.69, 9.17) is 16.3 Å². The van der Waals surface area contributed by atoms with E-state index in [1.54, 1.807) is 4.57 Å². The van der Waals surface area contributed by atoms with E-state index >= 15 is 0 Å². The third-order valence-electron chi connectivity index (χ3n) is 5.40. The number of halogens is 5. The average molecular weight is 472 g/mol. The van der Waals surface area contributed by atoms with Crippen molar-refractivity contribution in [1.29, 1.82) is 0 Å². The summed E-state index contributed by atoms with van der Waals surface area (Å²) in [5, 5.41) is 6.03. The predicted molar refractivity (Wildman–Crippen MR) is 108 cm³/mol. The van der Waals surface area contributed by atoms with Gasteiger partial charge in [0.15, 0.2) is 0 Å². The van der Waals surface area contributed by atoms with Gasteiger partial charge in [-0.1, -0.05) is 17.7 Å². The first kappa shape index (κ1) is 22.3. The second-order valence-electron chi connectivity index (χ2n) is 7.32. The molecular formula is C20H18ClF4N5O2. The van der Waals surface area contributed by atoms with Crippen LogP contribution in [0.5, 0.6) is 0 Å². The quantitative estimate of drug-likeness (QED) is 0.576. The lowest BCUT2D eigenvalue weighted by Crippen LogP contribution is -2.33.